The van der Waals surface area contributed by atoms with Crippen molar-refractivity contribution in [3.63, 3.8) is 0 Å². The minimum absolute atomic E-state index is 0.186. The Balaban J connectivity index is 0.990. The second-order valence-corrected chi connectivity index (χ2v) is 11.8. The summed E-state index contributed by atoms with van der Waals surface area (Å²) in [6.07, 6.45) is -1.04. The molecular weight excluding hydrogens is 616 g/mol. The van der Waals surface area contributed by atoms with Gasteiger partial charge in [-0.3, -0.25) is 19.8 Å². The summed E-state index contributed by atoms with van der Waals surface area (Å²) in [6, 6.07) is 27.9. The average molecular weight is 655 g/mol. The number of aromatic nitrogens is 6. The summed E-state index contributed by atoms with van der Waals surface area (Å²) in [4.78, 5) is 33.2. The second-order valence-electron chi connectivity index (χ2n) is 11.8. The number of nitrogens with one attached hydrogen (secondary N) is 4. The van der Waals surface area contributed by atoms with Crippen molar-refractivity contribution in [1.82, 2.24) is 40.2 Å². The highest BCUT2D eigenvalue weighted by Gasteiger charge is 2.36. The molecule has 0 radical (unpaired) electrons. The molecule has 0 aliphatic carbocycles. The molecule has 4 heterocycles. The fourth-order valence-corrected chi connectivity index (χ4v) is 6.28. The summed E-state index contributed by atoms with van der Waals surface area (Å²) in [5.74, 6) is 1.13. The highest BCUT2D eigenvalue weighted by molar-refractivity contribution is 5.24. The maximum absolute atomic E-state index is 11.6. The van der Waals surface area contributed by atoms with Crippen LogP contribution >= 0.6 is 0 Å². The van der Waals surface area contributed by atoms with Crippen LogP contribution in [0.3, 0.4) is 0 Å². The molecule has 250 valence electrons. The van der Waals surface area contributed by atoms with Crippen LogP contribution in [0, 0.1) is 0 Å². The molecule has 2 aliphatic rings. The Bertz CT molecular complexity index is 1710. The van der Waals surface area contributed by atoms with Crippen LogP contribution in [0.25, 0.3) is 0 Å². The van der Waals surface area contributed by atoms with Crippen LogP contribution < -0.4 is 11.4 Å². The normalized spacial score (nSPS) is 22.2. The summed E-state index contributed by atoms with van der Waals surface area (Å²) in [5, 5.41) is 13.1. The third kappa shape index (κ3) is 7.71. The van der Waals surface area contributed by atoms with E-state index in [1.54, 1.807) is 0 Å². The molecule has 7 rings (SSSR count). The van der Waals surface area contributed by atoms with Gasteiger partial charge in [-0.05, 0) is 22.3 Å². The van der Waals surface area contributed by atoms with Gasteiger partial charge in [0.25, 0.3) is 0 Å². The molecule has 0 bridgehead atoms. The number of morpholine rings is 2. The molecule has 2 aromatic heterocycles. The Hall–Kier alpha value is -4.70. The maximum Gasteiger partial charge on any atom is 0.340 e. The fraction of sp³-hybridized carbons (Fsp3) is 0.353. The quantitative estimate of drug-likeness (QED) is 0.157. The van der Waals surface area contributed by atoms with Crippen molar-refractivity contribution >= 4 is 0 Å². The van der Waals surface area contributed by atoms with E-state index in [1.807, 2.05) is 60.7 Å². The van der Waals surface area contributed by atoms with E-state index in [4.69, 9.17) is 18.9 Å². The zero-order valence-electron chi connectivity index (χ0n) is 26.3. The number of benzene rings is 3. The maximum atomic E-state index is 11.6. The van der Waals surface area contributed by atoms with Crippen molar-refractivity contribution in [3.05, 3.63) is 140 Å². The van der Waals surface area contributed by atoms with E-state index in [-0.39, 0.29) is 23.5 Å². The molecular formula is C34H38N8O6. The largest absolute Gasteiger partial charge is 0.349 e. The molecule has 2 saturated heterocycles. The molecule has 0 saturated carbocycles. The predicted molar refractivity (Wildman–Crippen MR) is 173 cm³/mol. The minimum atomic E-state index is -0.518. The van der Waals surface area contributed by atoms with Gasteiger partial charge in [-0.1, -0.05) is 84.9 Å². The first-order chi connectivity index (χ1) is 23.6. The Morgan fingerprint density at radius 2 is 1.04 bits per heavy atom. The van der Waals surface area contributed by atoms with E-state index in [0.29, 0.717) is 64.3 Å². The predicted octanol–water partition coefficient (Wildman–Crippen LogP) is 2.74. The molecule has 4 atom stereocenters. The molecule has 14 nitrogen and oxygen atoms in total. The smallest absolute Gasteiger partial charge is 0.340 e. The first-order valence-electron chi connectivity index (χ1n) is 16.0. The van der Waals surface area contributed by atoms with Crippen molar-refractivity contribution < 1.29 is 18.9 Å². The van der Waals surface area contributed by atoms with Crippen LogP contribution in [0.15, 0.2) is 94.5 Å². The van der Waals surface area contributed by atoms with Gasteiger partial charge in [0.2, 0.25) is 0 Å². The highest BCUT2D eigenvalue weighted by Crippen LogP contribution is 2.33. The topological polar surface area (TPSA) is 166 Å². The molecule has 48 heavy (non-hydrogen) atoms. The number of hydrogen-bond donors (Lipinski definition) is 4. The summed E-state index contributed by atoms with van der Waals surface area (Å²) in [6.45, 7) is 3.92. The number of aromatic amines is 4. The summed E-state index contributed by atoms with van der Waals surface area (Å²) >= 11 is 0. The third-order valence-corrected chi connectivity index (χ3v) is 8.56. The van der Waals surface area contributed by atoms with E-state index in [9.17, 15) is 9.59 Å². The van der Waals surface area contributed by atoms with E-state index in [0.717, 1.165) is 22.3 Å². The number of hydrogen-bond acceptors (Lipinski definition) is 10. The monoisotopic (exact) mass is 654 g/mol. The van der Waals surface area contributed by atoms with Gasteiger partial charge in [-0.25, -0.2) is 19.8 Å². The van der Waals surface area contributed by atoms with Crippen LogP contribution in [0.5, 0.6) is 0 Å². The lowest BCUT2D eigenvalue weighted by atomic mass is 10.0. The molecule has 0 unspecified atom stereocenters. The Morgan fingerprint density at radius 1 is 0.625 bits per heavy atom. The van der Waals surface area contributed by atoms with Gasteiger partial charge in [-0.15, -0.1) is 0 Å². The van der Waals surface area contributed by atoms with Crippen LogP contribution in [-0.4, -0.2) is 79.0 Å². The van der Waals surface area contributed by atoms with Crippen molar-refractivity contribution in [2.45, 2.75) is 51.0 Å². The summed E-state index contributed by atoms with van der Waals surface area (Å²) in [5.41, 5.74) is 3.45. The van der Waals surface area contributed by atoms with Gasteiger partial charge in [-0.2, -0.15) is 10.2 Å². The van der Waals surface area contributed by atoms with Crippen LogP contribution in [-0.2, 0) is 45.3 Å². The molecule has 5 aromatic rings. The Morgan fingerprint density at radius 3 is 1.42 bits per heavy atom. The minimum Gasteiger partial charge on any atom is -0.349 e. The zero-order valence-corrected chi connectivity index (χ0v) is 26.3. The fourth-order valence-electron chi connectivity index (χ4n) is 6.28. The van der Waals surface area contributed by atoms with Crippen molar-refractivity contribution in [1.29, 1.82) is 0 Å². The molecule has 0 amide bonds. The Kier molecular flexibility index (Phi) is 9.98. The first-order valence-corrected chi connectivity index (χ1v) is 16.0. The van der Waals surface area contributed by atoms with Gasteiger partial charge >= 0.3 is 11.4 Å². The second kappa shape index (κ2) is 15.0. The molecule has 14 heteroatoms. The third-order valence-electron chi connectivity index (χ3n) is 8.56. The van der Waals surface area contributed by atoms with Crippen LogP contribution in [0.4, 0.5) is 0 Å². The molecule has 2 fully saturated rings. The first kappa shape index (κ1) is 31.9. The number of ether oxygens (including phenoxy) is 4. The number of H-pyrrole nitrogens is 4. The van der Waals surface area contributed by atoms with Gasteiger partial charge in [0.15, 0.2) is 12.6 Å². The average Bonchev–Trinajstić information content (AvgIpc) is 3.73. The molecule has 0 spiro atoms. The van der Waals surface area contributed by atoms with Gasteiger partial charge < -0.3 is 18.9 Å². The lowest BCUT2D eigenvalue weighted by Crippen LogP contribution is -2.46. The van der Waals surface area contributed by atoms with Crippen LogP contribution in [0.2, 0.25) is 0 Å². The lowest BCUT2D eigenvalue weighted by molar-refractivity contribution is -0.218. The summed E-state index contributed by atoms with van der Waals surface area (Å²) < 4.78 is 25.0. The van der Waals surface area contributed by atoms with Crippen LogP contribution in [0.1, 0.15) is 46.0 Å². The number of rotatable bonds is 12. The van der Waals surface area contributed by atoms with E-state index in [2.05, 4.69) is 64.4 Å². The van der Waals surface area contributed by atoms with Crippen molar-refractivity contribution in [2.75, 3.05) is 26.3 Å². The molecule has 4 N–H and O–H groups in total. The van der Waals surface area contributed by atoms with Crippen molar-refractivity contribution in [3.8, 4) is 0 Å². The summed E-state index contributed by atoms with van der Waals surface area (Å²) in [7, 11) is 0. The molecule has 2 aliphatic heterocycles. The van der Waals surface area contributed by atoms with E-state index in [1.165, 1.54) is 0 Å². The zero-order chi connectivity index (χ0) is 32.7. The number of nitrogens with zero attached hydrogens (tertiary/aromatic N) is 4. The van der Waals surface area contributed by atoms with Gasteiger partial charge in [0, 0.05) is 13.1 Å². The molecule has 3 aromatic carbocycles. The van der Waals surface area contributed by atoms with E-state index >= 15 is 0 Å². The van der Waals surface area contributed by atoms with Gasteiger partial charge in [0.05, 0.1) is 51.6 Å². The highest BCUT2D eigenvalue weighted by atomic mass is 16.7. The standard InChI is InChI=1S/C34H38N8O6/c43-33-35-27(37-39-33)19-41-15-17-45-31(29(41)25-7-3-1-4-8-25)47-21-23-11-13-24(14-12-23)22-48-32-30(26-9-5-2-6-10-26)42(16-18-46-32)20-28-36-34(44)40-38-28/h1-14,29-32H,15-22H2,(H2,35,37,39,43)(H2,36,38,40,44)/t29-,30-,31+,32+/m0/s1. The SMILES string of the molecule is O=c1[nH]nc(CN2CCO[C@H](OCc3ccc(CO[C@H]4OCCN(Cc5n[nH]c(=O)[nH]5)[C@H]4c4ccccc4)cc3)[C@@H]2c2ccccc2)[nH]1. The lowest BCUT2D eigenvalue weighted by Gasteiger charge is -2.40. The van der Waals surface area contributed by atoms with Crippen molar-refractivity contribution in [2.24, 2.45) is 0 Å². The van der Waals surface area contributed by atoms with E-state index < -0.39 is 12.6 Å². The van der Waals surface area contributed by atoms with Gasteiger partial charge in [0.1, 0.15) is 11.6 Å². The Labute approximate surface area is 276 Å².